The van der Waals surface area contributed by atoms with Gasteiger partial charge in [0, 0.05) is 41.0 Å². The molecule has 1 N–H and O–H groups in total. The number of hydrogen-bond acceptors (Lipinski definition) is 6. The van der Waals surface area contributed by atoms with Crippen molar-refractivity contribution in [1.29, 1.82) is 0 Å². The minimum Gasteiger partial charge on any atom is -0.376 e. The summed E-state index contributed by atoms with van der Waals surface area (Å²) in [7, 11) is 0. The molecule has 0 aliphatic carbocycles. The van der Waals surface area contributed by atoms with E-state index in [0.717, 1.165) is 48.3 Å². The maximum atomic E-state index is 5.88. The van der Waals surface area contributed by atoms with E-state index < -0.39 is 0 Å². The number of halogens is 1. The van der Waals surface area contributed by atoms with Gasteiger partial charge in [-0.2, -0.15) is 4.37 Å². The lowest BCUT2D eigenvalue weighted by atomic mass is 10.2. The third-order valence-corrected chi connectivity index (χ3v) is 4.49. The highest BCUT2D eigenvalue weighted by atomic mass is 35.5. The molecule has 1 saturated heterocycles. The van der Waals surface area contributed by atoms with Gasteiger partial charge in [0.25, 0.3) is 0 Å². The van der Waals surface area contributed by atoms with Gasteiger partial charge in [0.1, 0.15) is 5.82 Å². The van der Waals surface area contributed by atoms with Crippen molar-refractivity contribution in [2.75, 3.05) is 18.5 Å². The van der Waals surface area contributed by atoms with Crippen LogP contribution in [0.5, 0.6) is 0 Å². The van der Waals surface area contributed by atoms with Crippen LogP contribution in [0.2, 0.25) is 5.02 Å². The van der Waals surface area contributed by atoms with Gasteiger partial charge in [-0.15, -0.1) is 0 Å². The molecule has 0 amide bonds. The SMILES string of the molecule is CC(Cc1nsc(Nc2ccc(Cl)cc2)n1)=NCC1CCCO1. The molecule has 23 heavy (non-hydrogen) atoms. The average Bonchev–Trinajstić information content (AvgIpc) is 3.20. The molecule has 1 fully saturated rings. The Bertz CT molecular complexity index is 665. The van der Waals surface area contributed by atoms with Gasteiger partial charge in [0.15, 0.2) is 0 Å². The molecule has 5 nitrogen and oxygen atoms in total. The molecular formula is C16H19ClN4OS. The molecule has 122 valence electrons. The van der Waals surface area contributed by atoms with Crippen LogP contribution in [0.1, 0.15) is 25.6 Å². The van der Waals surface area contributed by atoms with E-state index in [1.54, 1.807) is 0 Å². The zero-order valence-electron chi connectivity index (χ0n) is 13.0. The fourth-order valence-electron chi connectivity index (χ4n) is 2.36. The van der Waals surface area contributed by atoms with Crippen molar-refractivity contribution >= 4 is 39.7 Å². The number of nitrogens with zero attached hydrogens (tertiary/aromatic N) is 3. The minimum absolute atomic E-state index is 0.287. The van der Waals surface area contributed by atoms with Crippen molar-refractivity contribution in [3.8, 4) is 0 Å². The van der Waals surface area contributed by atoms with Crippen LogP contribution in [0.4, 0.5) is 10.8 Å². The Morgan fingerprint density at radius 1 is 1.43 bits per heavy atom. The summed E-state index contributed by atoms with van der Waals surface area (Å²) < 4.78 is 9.96. The molecule has 1 aliphatic heterocycles. The number of rotatable bonds is 6. The monoisotopic (exact) mass is 350 g/mol. The van der Waals surface area contributed by atoms with Crippen LogP contribution in [0, 0.1) is 0 Å². The summed E-state index contributed by atoms with van der Waals surface area (Å²) in [5.41, 5.74) is 1.98. The van der Waals surface area contributed by atoms with E-state index in [9.17, 15) is 0 Å². The Labute approximate surface area is 144 Å². The van der Waals surface area contributed by atoms with Gasteiger partial charge in [-0.3, -0.25) is 4.99 Å². The number of anilines is 2. The molecule has 7 heteroatoms. The summed E-state index contributed by atoms with van der Waals surface area (Å²) in [5.74, 6) is 0.792. The first-order valence-corrected chi connectivity index (χ1v) is 8.81. The predicted octanol–water partition coefficient (Wildman–Crippen LogP) is 4.12. The Kier molecular flexibility index (Phi) is 5.59. The molecule has 1 aliphatic rings. The molecule has 0 spiro atoms. The maximum Gasteiger partial charge on any atom is 0.207 e. The van der Waals surface area contributed by atoms with Crippen LogP contribution in [0.25, 0.3) is 0 Å². The first-order valence-electron chi connectivity index (χ1n) is 7.66. The highest BCUT2D eigenvalue weighted by Crippen LogP contribution is 2.20. The predicted molar refractivity (Wildman–Crippen MR) is 95.3 cm³/mol. The van der Waals surface area contributed by atoms with Crippen LogP contribution in [0.15, 0.2) is 29.3 Å². The van der Waals surface area contributed by atoms with E-state index in [4.69, 9.17) is 16.3 Å². The van der Waals surface area contributed by atoms with Crippen molar-refractivity contribution in [1.82, 2.24) is 9.36 Å². The molecule has 0 saturated carbocycles. The topological polar surface area (TPSA) is 59.4 Å². The smallest absolute Gasteiger partial charge is 0.207 e. The average molecular weight is 351 g/mol. The molecular weight excluding hydrogens is 332 g/mol. The molecule has 1 aromatic carbocycles. The Morgan fingerprint density at radius 2 is 2.26 bits per heavy atom. The summed E-state index contributed by atoms with van der Waals surface area (Å²) in [4.78, 5) is 9.08. The highest BCUT2D eigenvalue weighted by molar-refractivity contribution is 7.09. The van der Waals surface area contributed by atoms with Gasteiger partial charge < -0.3 is 10.1 Å². The lowest BCUT2D eigenvalue weighted by molar-refractivity contribution is 0.118. The molecule has 1 atom stereocenters. The first kappa shape index (κ1) is 16.4. The van der Waals surface area contributed by atoms with Gasteiger partial charge in [-0.05, 0) is 44.0 Å². The second kappa shape index (κ2) is 7.86. The minimum atomic E-state index is 0.287. The van der Waals surface area contributed by atoms with E-state index >= 15 is 0 Å². The van der Waals surface area contributed by atoms with Gasteiger partial charge >= 0.3 is 0 Å². The molecule has 2 aromatic rings. The first-order chi connectivity index (χ1) is 11.2. The summed E-state index contributed by atoms with van der Waals surface area (Å²) in [6.07, 6.45) is 3.22. The largest absolute Gasteiger partial charge is 0.376 e. The van der Waals surface area contributed by atoms with E-state index in [2.05, 4.69) is 19.7 Å². The van der Waals surface area contributed by atoms with Crippen molar-refractivity contribution in [2.24, 2.45) is 4.99 Å². The van der Waals surface area contributed by atoms with Crippen LogP contribution in [-0.4, -0.2) is 34.3 Å². The molecule has 1 unspecified atom stereocenters. The fraction of sp³-hybridized carbons (Fsp3) is 0.438. The molecule has 2 heterocycles. The zero-order chi connectivity index (χ0) is 16.1. The number of benzene rings is 1. The van der Waals surface area contributed by atoms with Gasteiger partial charge in [0.05, 0.1) is 12.6 Å². The van der Waals surface area contributed by atoms with E-state index in [-0.39, 0.29) is 6.10 Å². The highest BCUT2D eigenvalue weighted by Gasteiger charge is 2.14. The molecule has 1 aromatic heterocycles. The number of ether oxygens (including phenoxy) is 1. The van der Waals surface area contributed by atoms with Crippen LogP contribution in [0.3, 0.4) is 0 Å². The number of hydrogen-bond donors (Lipinski definition) is 1. The van der Waals surface area contributed by atoms with Crippen molar-refractivity contribution in [3.63, 3.8) is 0 Å². The third kappa shape index (κ3) is 4.99. The lowest BCUT2D eigenvalue weighted by Crippen LogP contribution is -2.11. The second-order valence-electron chi connectivity index (χ2n) is 5.54. The van der Waals surface area contributed by atoms with Gasteiger partial charge in [-0.25, -0.2) is 4.98 Å². The number of nitrogens with one attached hydrogen (secondary N) is 1. The van der Waals surface area contributed by atoms with Crippen molar-refractivity contribution < 1.29 is 4.74 Å². The number of aromatic nitrogens is 2. The van der Waals surface area contributed by atoms with Crippen molar-refractivity contribution in [3.05, 3.63) is 35.1 Å². The standard InChI is InChI=1S/C16H19ClN4OS/c1-11(18-10-14-3-2-8-22-14)9-15-20-16(23-21-15)19-13-6-4-12(17)5-7-13/h4-7,14H,2-3,8-10H2,1H3,(H,19,20,21). The summed E-state index contributed by atoms with van der Waals surface area (Å²) in [6.45, 7) is 3.63. The van der Waals surface area contributed by atoms with E-state index in [1.165, 1.54) is 11.5 Å². The summed E-state index contributed by atoms with van der Waals surface area (Å²) >= 11 is 7.23. The fourth-order valence-corrected chi connectivity index (χ4v) is 3.10. The van der Waals surface area contributed by atoms with Gasteiger partial charge in [0.2, 0.25) is 5.13 Å². The second-order valence-corrected chi connectivity index (χ2v) is 6.72. The maximum absolute atomic E-state index is 5.88. The lowest BCUT2D eigenvalue weighted by Gasteiger charge is -2.05. The van der Waals surface area contributed by atoms with Crippen LogP contribution >= 0.6 is 23.1 Å². The third-order valence-electron chi connectivity index (χ3n) is 3.57. The van der Waals surface area contributed by atoms with Crippen molar-refractivity contribution in [2.45, 2.75) is 32.3 Å². The van der Waals surface area contributed by atoms with E-state index in [1.807, 2.05) is 31.2 Å². The number of aliphatic imine (C=N–C) groups is 1. The molecule has 0 radical (unpaired) electrons. The summed E-state index contributed by atoms with van der Waals surface area (Å²) in [5, 5.41) is 4.71. The van der Waals surface area contributed by atoms with Gasteiger partial charge in [-0.1, -0.05) is 11.6 Å². The quantitative estimate of drug-likeness (QED) is 0.796. The van der Waals surface area contributed by atoms with E-state index in [0.29, 0.717) is 11.4 Å². The Hall–Kier alpha value is -1.50. The molecule has 0 bridgehead atoms. The van der Waals surface area contributed by atoms with Crippen LogP contribution < -0.4 is 5.32 Å². The summed E-state index contributed by atoms with van der Waals surface area (Å²) in [6, 6.07) is 7.51. The zero-order valence-corrected chi connectivity index (χ0v) is 14.5. The van der Waals surface area contributed by atoms with Crippen LogP contribution in [-0.2, 0) is 11.2 Å². The Morgan fingerprint density at radius 3 is 3.00 bits per heavy atom. The normalized spacial score (nSPS) is 18.3. The molecule has 3 rings (SSSR count). The Balaban J connectivity index is 1.53.